The van der Waals surface area contributed by atoms with Gasteiger partial charge in [-0.05, 0) is 25.1 Å². The third kappa shape index (κ3) is 2.11. The van der Waals surface area contributed by atoms with Crippen molar-refractivity contribution in [2.24, 2.45) is 5.73 Å². The number of amides is 1. The highest BCUT2D eigenvalue weighted by molar-refractivity contribution is 5.94. The lowest BCUT2D eigenvalue weighted by Gasteiger charge is -2.06. The first-order chi connectivity index (χ1) is 6.15. The summed E-state index contributed by atoms with van der Waals surface area (Å²) in [6.07, 6.45) is 0. The number of anilines is 1. The van der Waals surface area contributed by atoms with Gasteiger partial charge < -0.3 is 16.2 Å². The first kappa shape index (κ1) is 9.38. The standard InChI is InChI=1S/C9H12N2O2/c1-2-13-8-4-3-6(9(11)12)5-7(8)10/h3-5H,2,10H2,1H3,(H2,11,12). The van der Waals surface area contributed by atoms with Gasteiger partial charge in [-0.25, -0.2) is 0 Å². The summed E-state index contributed by atoms with van der Waals surface area (Å²) >= 11 is 0. The molecule has 1 rings (SSSR count). The molecule has 0 unspecified atom stereocenters. The normalized spacial score (nSPS) is 9.62. The third-order valence-electron chi connectivity index (χ3n) is 1.59. The van der Waals surface area contributed by atoms with Gasteiger partial charge in [-0.3, -0.25) is 4.79 Å². The van der Waals surface area contributed by atoms with Crippen molar-refractivity contribution in [1.82, 2.24) is 0 Å². The number of carbonyl (C=O) groups excluding carboxylic acids is 1. The predicted molar refractivity (Wildman–Crippen MR) is 50.5 cm³/mol. The zero-order valence-corrected chi connectivity index (χ0v) is 7.41. The second-order valence-electron chi connectivity index (χ2n) is 2.55. The highest BCUT2D eigenvalue weighted by Crippen LogP contribution is 2.21. The van der Waals surface area contributed by atoms with Crippen LogP contribution in [0.3, 0.4) is 0 Å². The molecule has 0 aromatic heterocycles. The maximum atomic E-state index is 10.7. The van der Waals surface area contributed by atoms with E-state index in [1.54, 1.807) is 12.1 Å². The molecule has 0 radical (unpaired) electrons. The third-order valence-corrected chi connectivity index (χ3v) is 1.59. The van der Waals surface area contributed by atoms with Gasteiger partial charge in [0.05, 0.1) is 12.3 Å². The summed E-state index contributed by atoms with van der Waals surface area (Å²) in [5, 5.41) is 0. The molecule has 0 aliphatic heterocycles. The van der Waals surface area contributed by atoms with Gasteiger partial charge >= 0.3 is 0 Å². The summed E-state index contributed by atoms with van der Waals surface area (Å²) in [6.45, 7) is 2.40. The van der Waals surface area contributed by atoms with Crippen molar-refractivity contribution in [2.45, 2.75) is 6.92 Å². The number of carbonyl (C=O) groups is 1. The molecule has 1 amide bonds. The van der Waals surface area contributed by atoms with E-state index in [2.05, 4.69) is 0 Å². The van der Waals surface area contributed by atoms with Crippen LogP contribution >= 0.6 is 0 Å². The van der Waals surface area contributed by atoms with Crippen LogP contribution in [-0.2, 0) is 0 Å². The summed E-state index contributed by atoms with van der Waals surface area (Å²) in [5.74, 6) is 0.0854. The Balaban J connectivity index is 2.98. The van der Waals surface area contributed by atoms with E-state index in [1.807, 2.05) is 6.92 Å². The van der Waals surface area contributed by atoms with E-state index < -0.39 is 5.91 Å². The predicted octanol–water partition coefficient (Wildman–Crippen LogP) is 0.766. The van der Waals surface area contributed by atoms with Crippen molar-refractivity contribution in [1.29, 1.82) is 0 Å². The van der Waals surface area contributed by atoms with E-state index in [4.69, 9.17) is 16.2 Å². The highest BCUT2D eigenvalue weighted by atomic mass is 16.5. The van der Waals surface area contributed by atoms with E-state index in [1.165, 1.54) is 6.07 Å². The smallest absolute Gasteiger partial charge is 0.248 e. The fourth-order valence-electron chi connectivity index (χ4n) is 0.989. The Bertz CT molecular complexity index is 323. The maximum absolute atomic E-state index is 10.7. The summed E-state index contributed by atoms with van der Waals surface area (Å²) in [4.78, 5) is 10.7. The number of nitrogen functional groups attached to an aromatic ring is 1. The van der Waals surface area contributed by atoms with Crippen LogP contribution in [0.25, 0.3) is 0 Å². The Morgan fingerprint density at radius 2 is 2.23 bits per heavy atom. The van der Waals surface area contributed by atoms with Gasteiger partial charge in [0.15, 0.2) is 0 Å². The molecule has 0 saturated heterocycles. The Labute approximate surface area is 76.5 Å². The monoisotopic (exact) mass is 180 g/mol. The van der Waals surface area contributed by atoms with Crippen molar-refractivity contribution < 1.29 is 9.53 Å². The molecule has 1 aromatic rings. The molecule has 0 aliphatic carbocycles. The first-order valence-electron chi connectivity index (χ1n) is 3.97. The number of nitrogens with two attached hydrogens (primary N) is 2. The fourth-order valence-corrected chi connectivity index (χ4v) is 0.989. The number of rotatable bonds is 3. The summed E-state index contributed by atoms with van der Waals surface area (Å²) in [6, 6.07) is 4.73. The van der Waals surface area contributed by atoms with Crippen LogP contribution in [0.1, 0.15) is 17.3 Å². The fraction of sp³-hybridized carbons (Fsp3) is 0.222. The maximum Gasteiger partial charge on any atom is 0.248 e. The average Bonchev–Trinajstić information content (AvgIpc) is 2.08. The second kappa shape index (κ2) is 3.80. The van der Waals surface area contributed by atoms with Crippen molar-refractivity contribution in [2.75, 3.05) is 12.3 Å². The minimum atomic E-state index is -0.491. The number of ether oxygens (including phenoxy) is 1. The molecule has 0 fully saturated rings. The molecule has 13 heavy (non-hydrogen) atoms. The zero-order valence-electron chi connectivity index (χ0n) is 7.41. The van der Waals surface area contributed by atoms with Gasteiger partial charge in [-0.15, -0.1) is 0 Å². The van der Waals surface area contributed by atoms with Crippen molar-refractivity contribution in [3.05, 3.63) is 23.8 Å². The van der Waals surface area contributed by atoms with Crippen LogP contribution in [0.5, 0.6) is 5.75 Å². The SMILES string of the molecule is CCOc1ccc(C(N)=O)cc1N. The Morgan fingerprint density at radius 1 is 1.54 bits per heavy atom. The molecule has 0 spiro atoms. The van der Waals surface area contributed by atoms with E-state index in [-0.39, 0.29) is 0 Å². The topological polar surface area (TPSA) is 78.3 Å². The quantitative estimate of drug-likeness (QED) is 0.674. The first-order valence-corrected chi connectivity index (χ1v) is 3.97. The van der Waals surface area contributed by atoms with E-state index >= 15 is 0 Å². The summed E-state index contributed by atoms with van der Waals surface area (Å²) in [7, 11) is 0. The molecule has 0 bridgehead atoms. The molecule has 1 aromatic carbocycles. The number of benzene rings is 1. The van der Waals surface area contributed by atoms with Gasteiger partial charge in [0, 0.05) is 5.56 Å². The second-order valence-corrected chi connectivity index (χ2v) is 2.55. The van der Waals surface area contributed by atoms with Crippen LogP contribution in [-0.4, -0.2) is 12.5 Å². The number of primary amides is 1. The molecular weight excluding hydrogens is 168 g/mol. The zero-order chi connectivity index (χ0) is 9.84. The van der Waals surface area contributed by atoms with Crippen molar-refractivity contribution in [3.63, 3.8) is 0 Å². The van der Waals surface area contributed by atoms with Crippen molar-refractivity contribution >= 4 is 11.6 Å². The van der Waals surface area contributed by atoms with Gasteiger partial charge in [-0.2, -0.15) is 0 Å². The lowest BCUT2D eigenvalue weighted by atomic mass is 10.2. The molecule has 0 saturated carbocycles. The van der Waals surface area contributed by atoms with E-state index in [0.29, 0.717) is 23.6 Å². The number of hydrogen-bond acceptors (Lipinski definition) is 3. The average molecular weight is 180 g/mol. The summed E-state index contributed by atoms with van der Waals surface area (Å²) in [5.41, 5.74) is 11.5. The van der Waals surface area contributed by atoms with Crippen molar-refractivity contribution in [3.8, 4) is 5.75 Å². The van der Waals surface area contributed by atoms with Gasteiger partial charge in [0.2, 0.25) is 5.91 Å². The van der Waals surface area contributed by atoms with Crippen LogP contribution in [0.15, 0.2) is 18.2 Å². The summed E-state index contributed by atoms with van der Waals surface area (Å²) < 4.78 is 5.19. The van der Waals surface area contributed by atoms with E-state index in [0.717, 1.165) is 0 Å². The molecule has 4 N–H and O–H groups in total. The minimum absolute atomic E-state index is 0.390. The Kier molecular flexibility index (Phi) is 2.74. The highest BCUT2D eigenvalue weighted by Gasteiger charge is 2.04. The van der Waals surface area contributed by atoms with E-state index in [9.17, 15) is 4.79 Å². The minimum Gasteiger partial charge on any atom is -0.492 e. The Hall–Kier alpha value is -1.71. The van der Waals surface area contributed by atoms with Crippen LogP contribution in [0, 0.1) is 0 Å². The van der Waals surface area contributed by atoms with Gasteiger partial charge in [0.1, 0.15) is 5.75 Å². The molecule has 0 heterocycles. The van der Waals surface area contributed by atoms with Gasteiger partial charge in [-0.1, -0.05) is 0 Å². The number of hydrogen-bond donors (Lipinski definition) is 2. The molecular formula is C9H12N2O2. The molecule has 0 aliphatic rings. The lowest BCUT2D eigenvalue weighted by Crippen LogP contribution is -2.11. The van der Waals surface area contributed by atoms with Crippen LogP contribution < -0.4 is 16.2 Å². The molecule has 4 heteroatoms. The molecule has 70 valence electrons. The molecule has 0 atom stereocenters. The lowest BCUT2D eigenvalue weighted by molar-refractivity contribution is 0.100. The van der Waals surface area contributed by atoms with Crippen LogP contribution in [0.2, 0.25) is 0 Å². The largest absolute Gasteiger partial charge is 0.492 e. The van der Waals surface area contributed by atoms with Crippen LogP contribution in [0.4, 0.5) is 5.69 Å². The molecule has 4 nitrogen and oxygen atoms in total. The van der Waals surface area contributed by atoms with Gasteiger partial charge in [0.25, 0.3) is 0 Å². The Morgan fingerprint density at radius 3 is 2.69 bits per heavy atom.